The SMILES string of the molecule is c1ccc(-c2ccc(-c3cc4ccccc4c4ccccc34)cc2N(c2ccc(-c3ccc4ccccc4c3)cc2)c2cccc(-c3cccc4c3sc3ccccc34)c2)cc1. The first-order valence-corrected chi connectivity index (χ1v) is 22.1. The number of anilines is 3. The number of thiophene rings is 1. The second-order valence-electron chi connectivity index (χ2n) is 16.1. The van der Waals surface area contributed by atoms with Gasteiger partial charge in [-0.05, 0) is 120 Å². The fourth-order valence-electron chi connectivity index (χ4n) is 9.43. The average Bonchev–Trinajstić information content (AvgIpc) is 3.73. The Morgan fingerprint density at radius 3 is 1.76 bits per heavy atom. The van der Waals surface area contributed by atoms with Gasteiger partial charge in [0, 0.05) is 37.1 Å². The van der Waals surface area contributed by atoms with Crippen molar-refractivity contribution in [2.75, 3.05) is 4.90 Å². The van der Waals surface area contributed by atoms with Crippen molar-refractivity contribution in [3.63, 3.8) is 0 Å². The number of hydrogen-bond donors (Lipinski definition) is 0. The van der Waals surface area contributed by atoms with Crippen molar-refractivity contribution in [2.24, 2.45) is 0 Å². The molecule has 12 aromatic rings. The van der Waals surface area contributed by atoms with Crippen molar-refractivity contribution in [1.82, 2.24) is 0 Å². The van der Waals surface area contributed by atoms with Crippen LogP contribution in [0.4, 0.5) is 17.1 Å². The van der Waals surface area contributed by atoms with Gasteiger partial charge in [-0.25, -0.2) is 0 Å². The Labute approximate surface area is 365 Å². The van der Waals surface area contributed by atoms with Crippen molar-refractivity contribution >= 4 is 80.9 Å². The number of fused-ring (bicyclic) bond motifs is 7. The standard InChI is InChI=1S/C60H39NS/c1-2-15-42(16-3-1)51-35-32-47(57-38-46-18-6-7-21-50(46)53-22-8-9-23-54(53)57)39-58(51)61(48-33-30-41(31-34-48)44-29-28-40-14-4-5-17-43(40)36-44)49-20-12-19-45(37-49)52-25-13-26-56-55-24-10-11-27-59(55)62-60(52)56/h1-39H. The molecule has 0 radical (unpaired) electrons. The first-order chi connectivity index (χ1) is 30.7. The molecule has 0 N–H and O–H groups in total. The van der Waals surface area contributed by atoms with E-state index in [1.807, 2.05) is 11.3 Å². The van der Waals surface area contributed by atoms with Gasteiger partial charge in [0.1, 0.15) is 0 Å². The van der Waals surface area contributed by atoms with Crippen LogP contribution in [0.15, 0.2) is 237 Å². The van der Waals surface area contributed by atoms with Gasteiger partial charge in [-0.1, -0.05) is 188 Å². The summed E-state index contributed by atoms with van der Waals surface area (Å²) in [6.45, 7) is 0. The van der Waals surface area contributed by atoms with Crippen LogP contribution in [0, 0.1) is 0 Å². The molecule has 1 aromatic heterocycles. The van der Waals surface area contributed by atoms with Crippen LogP contribution >= 0.6 is 11.3 Å². The molecule has 0 aliphatic carbocycles. The number of benzene rings is 11. The summed E-state index contributed by atoms with van der Waals surface area (Å²) in [6, 6.07) is 86.9. The smallest absolute Gasteiger partial charge is 0.0546 e. The van der Waals surface area contributed by atoms with Crippen LogP contribution in [-0.4, -0.2) is 0 Å². The normalized spacial score (nSPS) is 11.5. The number of rotatable bonds is 7. The summed E-state index contributed by atoms with van der Waals surface area (Å²) >= 11 is 1.88. The molecule has 12 rings (SSSR count). The summed E-state index contributed by atoms with van der Waals surface area (Å²) in [4.78, 5) is 2.47. The van der Waals surface area contributed by atoms with Gasteiger partial charge in [-0.15, -0.1) is 11.3 Å². The molecular weight excluding hydrogens is 767 g/mol. The van der Waals surface area contributed by atoms with Crippen LogP contribution in [0.1, 0.15) is 0 Å². The van der Waals surface area contributed by atoms with Gasteiger partial charge in [0.25, 0.3) is 0 Å². The van der Waals surface area contributed by atoms with E-state index in [-0.39, 0.29) is 0 Å². The van der Waals surface area contributed by atoms with Gasteiger partial charge >= 0.3 is 0 Å². The summed E-state index contributed by atoms with van der Waals surface area (Å²) in [5.74, 6) is 0. The Morgan fingerprint density at radius 2 is 0.903 bits per heavy atom. The van der Waals surface area contributed by atoms with Crippen LogP contribution < -0.4 is 4.90 Å². The lowest BCUT2D eigenvalue weighted by Crippen LogP contribution is -2.11. The molecule has 1 heterocycles. The topological polar surface area (TPSA) is 3.24 Å². The summed E-state index contributed by atoms with van der Waals surface area (Å²) in [5.41, 5.74) is 12.8. The van der Waals surface area contributed by atoms with E-state index in [1.165, 1.54) is 91.4 Å². The summed E-state index contributed by atoms with van der Waals surface area (Å²) in [7, 11) is 0. The minimum atomic E-state index is 1.09. The Morgan fingerprint density at radius 1 is 0.274 bits per heavy atom. The largest absolute Gasteiger partial charge is 0.310 e. The Balaban J connectivity index is 1.09. The van der Waals surface area contributed by atoms with Gasteiger partial charge in [-0.2, -0.15) is 0 Å². The zero-order valence-corrected chi connectivity index (χ0v) is 34.7. The van der Waals surface area contributed by atoms with Gasteiger partial charge < -0.3 is 4.90 Å². The maximum Gasteiger partial charge on any atom is 0.0546 e. The molecule has 0 amide bonds. The summed E-state index contributed by atoms with van der Waals surface area (Å²) < 4.78 is 2.62. The van der Waals surface area contributed by atoms with Crippen LogP contribution in [0.3, 0.4) is 0 Å². The quantitative estimate of drug-likeness (QED) is 0.145. The van der Waals surface area contributed by atoms with Crippen LogP contribution in [0.5, 0.6) is 0 Å². The van der Waals surface area contributed by atoms with E-state index in [0.717, 1.165) is 22.6 Å². The van der Waals surface area contributed by atoms with Crippen molar-refractivity contribution in [2.45, 2.75) is 0 Å². The predicted molar refractivity (Wildman–Crippen MR) is 268 cm³/mol. The zero-order valence-electron chi connectivity index (χ0n) is 33.9. The lowest BCUT2D eigenvalue weighted by atomic mass is 9.91. The van der Waals surface area contributed by atoms with E-state index in [1.54, 1.807) is 0 Å². The minimum absolute atomic E-state index is 1.09. The molecule has 0 fully saturated rings. The van der Waals surface area contributed by atoms with Crippen LogP contribution in [0.25, 0.3) is 97.0 Å². The molecule has 11 aromatic carbocycles. The van der Waals surface area contributed by atoms with Crippen molar-refractivity contribution < 1.29 is 0 Å². The van der Waals surface area contributed by atoms with Gasteiger partial charge in [0.2, 0.25) is 0 Å². The molecule has 0 saturated heterocycles. The van der Waals surface area contributed by atoms with Crippen molar-refractivity contribution in [3.05, 3.63) is 237 Å². The van der Waals surface area contributed by atoms with Crippen LogP contribution in [0.2, 0.25) is 0 Å². The molecular formula is C60H39NS. The Kier molecular flexibility index (Phi) is 8.76. The van der Waals surface area contributed by atoms with E-state index >= 15 is 0 Å². The number of hydrogen-bond acceptors (Lipinski definition) is 2. The molecule has 0 atom stereocenters. The Hall–Kier alpha value is -7.78. The fraction of sp³-hybridized carbons (Fsp3) is 0. The molecule has 0 spiro atoms. The molecule has 0 unspecified atom stereocenters. The van der Waals surface area contributed by atoms with Gasteiger partial charge in [-0.3, -0.25) is 0 Å². The third-order valence-electron chi connectivity index (χ3n) is 12.4. The average molecular weight is 806 g/mol. The first kappa shape index (κ1) is 36.1. The second-order valence-corrected chi connectivity index (χ2v) is 17.1. The molecule has 0 bridgehead atoms. The highest BCUT2D eigenvalue weighted by Gasteiger charge is 2.21. The minimum Gasteiger partial charge on any atom is -0.310 e. The van der Waals surface area contributed by atoms with Gasteiger partial charge in [0.15, 0.2) is 0 Å². The summed E-state index contributed by atoms with van der Waals surface area (Å²) in [6.07, 6.45) is 0. The molecule has 0 aliphatic heterocycles. The maximum atomic E-state index is 2.47. The van der Waals surface area contributed by atoms with E-state index in [2.05, 4.69) is 241 Å². The third-order valence-corrected chi connectivity index (χ3v) is 13.7. The van der Waals surface area contributed by atoms with Gasteiger partial charge in [0.05, 0.1) is 5.69 Å². The van der Waals surface area contributed by atoms with Crippen molar-refractivity contribution in [3.8, 4) is 44.5 Å². The maximum absolute atomic E-state index is 2.47. The predicted octanol–water partition coefficient (Wildman–Crippen LogP) is 17.7. The molecule has 0 aliphatic rings. The highest BCUT2D eigenvalue weighted by molar-refractivity contribution is 7.26. The first-order valence-electron chi connectivity index (χ1n) is 21.2. The molecule has 290 valence electrons. The Bertz CT molecular complexity index is 3640. The van der Waals surface area contributed by atoms with E-state index in [0.29, 0.717) is 0 Å². The highest BCUT2D eigenvalue weighted by atomic mass is 32.1. The summed E-state index contributed by atoms with van der Waals surface area (Å²) in [5, 5.41) is 10.1. The molecule has 2 heteroatoms. The van der Waals surface area contributed by atoms with E-state index in [9.17, 15) is 0 Å². The molecule has 62 heavy (non-hydrogen) atoms. The second kappa shape index (κ2) is 15.0. The monoisotopic (exact) mass is 805 g/mol. The van der Waals surface area contributed by atoms with Crippen LogP contribution in [-0.2, 0) is 0 Å². The van der Waals surface area contributed by atoms with E-state index < -0.39 is 0 Å². The number of nitrogens with zero attached hydrogens (tertiary/aromatic N) is 1. The zero-order chi connectivity index (χ0) is 41.0. The molecule has 1 nitrogen and oxygen atoms in total. The van der Waals surface area contributed by atoms with Crippen molar-refractivity contribution in [1.29, 1.82) is 0 Å². The lowest BCUT2D eigenvalue weighted by Gasteiger charge is -2.29. The fourth-order valence-corrected chi connectivity index (χ4v) is 10.7. The lowest BCUT2D eigenvalue weighted by molar-refractivity contribution is 1.28. The third kappa shape index (κ3) is 6.24. The highest BCUT2D eigenvalue weighted by Crippen LogP contribution is 2.47. The molecule has 0 saturated carbocycles. The van der Waals surface area contributed by atoms with E-state index in [4.69, 9.17) is 0 Å².